The van der Waals surface area contributed by atoms with Crippen LogP contribution in [0.15, 0.2) is 22.8 Å². The minimum absolute atomic E-state index is 0.234. The van der Waals surface area contributed by atoms with Crippen molar-refractivity contribution in [3.63, 3.8) is 0 Å². The van der Waals surface area contributed by atoms with Crippen LogP contribution in [0.3, 0.4) is 0 Å². The first-order valence-electron chi connectivity index (χ1n) is 4.95. The molecule has 0 aliphatic rings. The summed E-state index contributed by atoms with van der Waals surface area (Å²) < 4.78 is 37.6. The maximum absolute atomic E-state index is 12.3. The van der Waals surface area contributed by atoms with Gasteiger partial charge in [0.05, 0.1) is 0 Å². The number of alkyl halides is 3. The van der Waals surface area contributed by atoms with Gasteiger partial charge in [-0.05, 0) is 28.1 Å². The highest BCUT2D eigenvalue weighted by atomic mass is 79.9. The fraction of sp³-hybridized carbons (Fsp3) is 0.111. The number of carbonyl (C=O) groups is 1. The third-order valence-electron chi connectivity index (χ3n) is 1.86. The number of rotatable bonds is 2. The van der Waals surface area contributed by atoms with Crippen LogP contribution in [-0.2, 0) is 6.18 Å². The van der Waals surface area contributed by atoms with Gasteiger partial charge in [-0.1, -0.05) is 11.3 Å². The van der Waals surface area contributed by atoms with Crippen molar-refractivity contribution < 1.29 is 18.0 Å². The molecule has 0 saturated heterocycles. The molecule has 0 unspecified atom stereocenters. The molecule has 2 amide bonds. The van der Waals surface area contributed by atoms with Crippen LogP contribution in [0.4, 0.5) is 28.9 Å². The summed E-state index contributed by atoms with van der Waals surface area (Å²) in [6.07, 6.45) is -3.12. The molecule has 2 aromatic heterocycles. The third kappa shape index (κ3) is 3.87. The zero-order chi connectivity index (χ0) is 14.8. The molecule has 2 N–H and O–H groups in total. The summed E-state index contributed by atoms with van der Waals surface area (Å²) in [7, 11) is 0. The first kappa shape index (κ1) is 14.7. The predicted molar refractivity (Wildman–Crippen MR) is 69.5 cm³/mol. The lowest BCUT2D eigenvalue weighted by atomic mass is 10.5. The van der Waals surface area contributed by atoms with Crippen molar-refractivity contribution in [2.75, 3.05) is 10.6 Å². The molecule has 2 heterocycles. The van der Waals surface area contributed by atoms with E-state index >= 15 is 0 Å². The Morgan fingerprint density at radius 3 is 2.55 bits per heavy atom. The van der Waals surface area contributed by atoms with Gasteiger partial charge in [0.2, 0.25) is 10.1 Å². The standard InChI is InChI=1S/C9H5BrF3N5OS/c10-4-1-2-5(14-3-4)15-7(19)16-8-18-17-6(20-8)9(11,12)13/h1-3H,(H2,14,15,16,18,19). The topological polar surface area (TPSA) is 79.8 Å². The van der Waals surface area contributed by atoms with Crippen molar-refractivity contribution in [2.24, 2.45) is 0 Å². The zero-order valence-electron chi connectivity index (χ0n) is 9.40. The Hall–Kier alpha value is -1.75. The van der Waals surface area contributed by atoms with Crippen LogP contribution in [0.5, 0.6) is 0 Å². The van der Waals surface area contributed by atoms with E-state index < -0.39 is 17.2 Å². The number of anilines is 2. The molecule has 20 heavy (non-hydrogen) atoms. The van der Waals surface area contributed by atoms with E-state index in [1.807, 2.05) is 0 Å². The quantitative estimate of drug-likeness (QED) is 0.852. The second kappa shape index (κ2) is 5.71. The summed E-state index contributed by atoms with van der Waals surface area (Å²) in [6.45, 7) is 0. The van der Waals surface area contributed by atoms with Gasteiger partial charge in [-0.3, -0.25) is 10.6 Å². The Morgan fingerprint density at radius 2 is 2.00 bits per heavy atom. The number of aromatic nitrogens is 3. The number of nitrogens with one attached hydrogen (secondary N) is 2. The van der Waals surface area contributed by atoms with Crippen LogP contribution in [0.1, 0.15) is 5.01 Å². The average molecular weight is 368 g/mol. The van der Waals surface area contributed by atoms with Gasteiger partial charge in [-0.2, -0.15) is 13.2 Å². The Bertz CT molecular complexity index is 615. The van der Waals surface area contributed by atoms with Crippen molar-refractivity contribution in [1.29, 1.82) is 0 Å². The second-order valence-electron chi connectivity index (χ2n) is 3.35. The Kier molecular flexibility index (Phi) is 4.18. The monoisotopic (exact) mass is 367 g/mol. The van der Waals surface area contributed by atoms with Gasteiger partial charge in [0, 0.05) is 10.7 Å². The molecular weight excluding hydrogens is 363 g/mol. The van der Waals surface area contributed by atoms with Gasteiger partial charge in [-0.15, -0.1) is 10.2 Å². The van der Waals surface area contributed by atoms with E-state index in [0.29, 0.717) is 0 Å². The fourth-order valence-electron chi connectivity index (χ4n) is 1.08. The van der Waals surface area contributed by atoms with Gasteiger partial charge < -0.3 is 0 Å². The fourth-order valence-corrected chi connectivity index (χ4v) is 1.92. The van der Waals surface area contributed by atoms with Crippen molar-refractivity contribution in [3.05, 3.63) is 27.8 Å². The second-order valence-corrected chi connectivity index (χ2v) is 5.24. The number of hydrogen-bond acceptors (Lipinski definition) is 5. The summed E-state index contributed by atoms with van der Waals surface area (Å²) in [5, 5.41) is 9.26. The summed E-state index contributed by atoms with van der Waals surface area (Å²) in [5.41, 5.74) is 0. The Labute approximate surface area is 122 Å². The highest BCUT2D eigenvalue weighted by Gasteiger charge is 2.35. The molecule has 2 rings (SSSR count). The minimum atomic E-state index is -4.58. The minimum Gasteiger partial charge on any atom is -0.292 e. The summed E-state index contributed by atoms with van der Waals surface area (Å²) in [4.78, 5) is 15.4. The Morgan fingerprint density at radius 1 is 1.25 bits per heavy atom. The molecule has 2 aromatic rings. The van der Waals surface area contributed by atoms with E-state index in [4.69, 9.17) is 0 Å². The highest BCUT2D eigenvalue weighted by molar-refractivity contribution is 9.10. The largest absolute Gasteiger partial charge is 0.445 e. The summed E-state index contributed by atoms with van der Waals surface area (Å²) in [5.74, 6) is 0.242. The van der Waals surface area contributed by atoms with Gasteiger partial charge in [0.15, 0.2) is 0 Å². The number of urea groups is 1. The molecule has 0 bridgehead atoms. The summed E-state index contributed by atoms with van der Waals surface area (Å²) >= 11 is 3.41. The number of nitrogens with zero attached hydrogens (tertiary/aromatic N) is 3. The maximum atomic E-state index is 12.3. The molecule has 106 valence electrons. The lowest BCUT2D eigenvalue weighted by molar-refractivity contribution is -0.138. The van der Waals surface area contributed by atoms with Crippen LogP contribution >= 0.6 is 27.3 Å². The maximum Gasteiger partial charge on any atom is 0.445 e. The Balaban J connectivity index is 1.98. The molecule has 0 aromatic carbocycles. The van der Waals surface area contributed by atoms with E-state index in [0.717, 1.165) is 4.47 Å². The number of pyridine rings is 1. The van der Waals surface area contributed by atoms with Crippen molar-refractivity contribution in [3.8, 4) is 0 Å². The van der Waals surface area contributed by atoms with Crippen LogP contribution in [-0.4, -0.2) is 21.2 Å². The van der Waals surface area contributed by atoms with E-state index in [9.17, 15) is 18.0 Å². The van der Waals surface area contributed by atoms with E-state index in [2.05, 4.69) is 41.7 Å². The smallest absolute Gasteiger partial charge is 0.292 e. The normalized spacial score (nSPS) is 11.2. The molecule has 0 fully saturated rings. The van der Waals surface area contributed by atoms with Crippen LogP contribution in [0.25, 0.3) is 0 Å². The van der Waals surface area contributed by atoms with E-state index in [1.54, 1.807) is 6.07 Å². The molecular formula is C9H5BrF3N5OS. The molecule has 0 atom stereocenters. The average Bonchev–Trinajstić information content (AvgIpc) is 2.80. The van der Waals surface area contributed by atoms with E-state index in [1.165, 1.54) is 12.3 Å². The third-order valence-corrected chi connectivity index (χ3v) is 3.21. The van der Waals surface area contributed by atoms with Gasteiger partial charge in [0.25, 0.3) is 0 Å². The lowest BCUT2D eigenvalue weighted by Crippen LogP contribution is -2.19. The first-order valence-corrected chi connectivity index (χ1v) is 6.56. The highest BCUT2D eigenvalue weighted by Crippen LogP contribution is 2.32. The predicted octanol–water partition coefficient (Wildman–Crippen LogP) is 3.36. The molecule has 0 radical (unpaired) electrons. The van der Waals surface area contributed by atoms with Gasteiger partial charge in [0.1, 0.15) is 5.82 Å². The molecule has 0 aliphatic carbocycles. The van der Waals surface area contributed by atoms with Crippen molar-refractivity contribution in [1.82, 2.24) is 15.2 Å². The van der Waals surface area contributed by atoms with Gasteiger partial charge in [-0.25, -0.2) is 9.78 Å². The van der Waals surface area contributed by atoms with Crippen molar-refractivity contribution >= 4 is 44.2 Å². The SMILES string of the molecule is O=C(Nc1ccc(Br)cn1)Nc1nnc(C(F)(F)F)s1. The van der Waals surface area contributed by atoms with Crippen molar-refractivity contribution in [2.45, 2.75) is 6.18 Å². The number of amides is 2. The first-order chi connectivity index (χ1) is 9.34. The van der Waals surface area contributed by atoms with Crippen LogP contribution in [0.2, 0.25) is 0 Å². The van der Waals surface area contributed by atoms with Crippen LogP contribution < -0.4 is 10.6 Å². The molecule has 6 nitrogen and oxygen atoms in total. The van der Waals surface area contributed by atoms with E-state index in [-0.39, 0.29) is 22.3 Å². The number of carbonyl (C=O) groups excluding carboxylic acids is 1. The zero-order valence-corrected chi connectivity index (χ0v) is 11.8. The number of hydrogen-bond donors (Lipinski definition) is 2. The summed E-state index contributed by atoms with van der Waals surface area (Å²) in [6, 6.07) is 2.41. The lowest BCUT2D eigenvalue weighted by Gasteiger charge is -2.03. The number of halogens is 4. The molecule has 11 heteroatoms. The van der Waals surface area contributed by atoms with Gasteiger partial charge >= 0.3 is 12.2 Å². The molecule has 0 saturated carbocycles. The van der Waals surface area contributed by atoms with Crippen LogP contribution in [0, 0.1) is 0 Å². The molecule has 0 aliphatic heterocycles. The molecule has 0 spiro atoms.